The Morgan fingerprint density at radius 1 is 0.973 bits per heavy atom. The predicted octanol–water partition coefficient (Wildman–Crippen LogP) is 5.22. The summed E-state index contributed by atoms with van der Waals surface area (Å²) in [5.74, 6) is -1.11. The monoisotopic (exact) mass is 549 g/mol. The predicted molar refractivity (Wildman–Crippen MR) is 140 cm³/mol. The fraction of sp³-hybridized carbons (Fsp3) is 0.269. The number of anilines is 1. The number of aliphatic hydroxyl groups is 1. The quantitative estimate of drug-likeness (QED) is 0.277. The molecule has 0 aliphatic rings. The SMILES string of the molecule is CC(C)(C)c1ccc(S(=O)(=O)Nc2cc(C(=O)O)cc(OCCO)c2Oc2ccccc2OCCl)cc1. The Hall–Kier alpha value is -3.47. The number of halogens is 1. The van der Waals surface area contributed by atoms with Crippen molar-refractivity contribution in [2.24, 2.45) is 0 Å². The van der Waals surface area contributed by atoms with Crippen molar-refractivity contribution in [2.45, 2.75) is 31.1 Å². The molecule has 198 valence electrons. The van der Waals surface area contributed by atoms with Crippen LogP contribution < -0.4 is 18.9 Å². The van der Waals surface area contributed by atoms with Gasteiger partial charge in [-0.2, -0.15) is 0 Å². The Labute approximate surface area is 220 Å². The molecule has 0 saturated carbocycles. The highest BCUT2D eigenvalue weighted by molar-refractivity contribution is 7.92. The molecule has 37 heavy (non-hydrogen) atoms. The van der Waals surface area contributed by atoms with Crippen molar-refractivity contribution in [1.82, 2.24) is 0 Å². The summed E-state index contributed by atoms with van der Waals surface area (Å²) in [5.41, 5.74) is 0.322. The molecule has 0 amide bonds. The summed E-state index contributed by atoms with van der Waals surface area (Å²) < 4.78 is 45.9. The van der Waals surface area contributed by atoms with Crippen molar-refractivity contribution in [1.29, 1.82) is 0 Å². The van der Waals surface area contributed by atoms with Crippen molar-refractivity contribution in [3.8, 4) is 23.0 Å². The van der Waals surface area contributed by atoms with E-state index in [0.29, 0.717) is 0 Å². The minimum Gasteiger partial charge on any atom is -0.487 e. The van der Waals surface area contributed by atoms with Gasteiger partial charge in [0, 0.05) is 0 Å². The average molecular weight is 550 g/mol. The number of rotatable bonds is 11. The number of carboxylic acid groups (broad SMARTS) is 1. The van der Waals surface area contributed by atoms with Crippen LogP contribution in [0.25, 0.3) is 0 Å². The molecule has 3 rings (SSSR count). The van der Waals surface area contributed by atoms with Crippen molar-refractivity contribution < 1.29 is 37.6 Å². The number of carboxylic acids is 1. The van der Waals surface area contributed by atoms with Crippen LogP contribution in [0.15, 0.2) is 65.6 Å². The van der Waals surface area contributed by atoms with Crippen molar-refractivity contribution in [3.63, 3.8) is 0 Å². The number of ether oxygens (including phenoxy) is 3. The van der Waals surface area contributed by atoms with E-state index in [1.54, 1.807) is 36.4 Å². The van der Waals surface area contributed by atoms with E-state index in [2.05, 4.69) is 4.72 Å². The van der Waals surface area contributed by atoms with Crippen LogP contribution in [0.1, 0.15) is 36.7 Å². The highest BCUT2D eigenvalue weighted by Gasteiger charge is 2.24. The summed E-state index contributed by atoms with van der Waals surface area (Å²) in [5, 5.41) is 18.9. The molecule has 3 aromatic carbocycles. The van der Waals surface area contributed by atoms with Crippen LogP contribution in [-0.2, 0) is 15.4 Å². The highest BCUT2D eigenvalue weighted by atomic mass is 35.5. The highest BCUT2D eigenvalue weighted by Crippen LogP contribution is 2.43. The number of benzene rings is 3. The van der Waals surface area contributed by atoms with Gasteiger partial charge in [-0.15, -0.1) is 0 Å². The van der Waals surface area contributed by atoms with Crippen LogP contribution in [-0.4, -0.2) is 43.9 Å². The van der Waals surface area contributed by atoms with Gasteiger partial charge in [0.2, 0.25) is 0 Å². The first-order valence-electron chi connectivity index (χ1n) is 11.2. The van der Waals surface area contributed by atoms with Gasteiger partial charge in [0.25, 0.3) is 10.0 Å². The molecular formula is C26H28ClNO8S. The summed E-state index contributed by atoms with van der Waals surface area (Å²) >= 11 is 5.70. The zero-order valence-electron chi connectivity index (χ0n) is 20.5. The summed E-state index contributed by atoms with van der Waals surface area (Å²) in [6.45, 7) is 5.46. The smallest absolute Gasteiger partial charge is 0.335 e. The summed E-state index contributed by atoms with van der Waals surface area (Å²) in [4.78, 5) is 11.8. The Bertz CT molecular complexity index is 1350. The van der Waals surface area contributed by atoms with E-state index in [1.165, 1.54) is 18.2 Å². The van der Waals surface area contributed by atoms with Crippen LogP contribution in [0, 0.1) is 0 Å². The van der Waals surface area contributed by atoms with Gasteiger partial charge in [0.15, 0.2) is 29.1 Å². The van der Waals surface area contributed by atoms with Crippen LogP contribution in [0.4, 0.5) is 5.69 Å². The van der Waals surface area contributed by atoms with E-state index in [4.69, 9.17) is 25.8 Å². The van der Waals surface area contributed by atoms with Gasteiger partial charge < -0.3 is 24.4 Å². The lowest BCUT2D eigenvalue weighted by atomic mass is 9.87. The number of hydrogen-bond acceptors (Lipinski definition) is 7. The number of aromatic carboxylic acids is 1. The van der Waals surface area contributed by atoms with Gasteiger partial charge in [-0.25, -0.2) is 13.2 Å². The molecule has 0 spiro atoms. The van der Waals surface area contributed by atoms with Crippen LogP contribution in [0.5, 0.6) is 23.0 Å². The molecule has 3 aromatic rings. The van der Waals surface area contributed by atoms with E-state index in [1.807, 2.05) is 20.8 Å². The molecular weight excluding hydrogens is 522 g/mol. The molecule has 0 saturated heterocycles. The van der Waals surface area contributed by atoms with E-state index < -0.39 is 16.0 Å². The molecule has 0 radical (unpaired) electrons. The maximum absolute atomic E-state index is 13.3. The number of aliphatic hydroxyl groups excluding tert-OH is 1. The lowest BCUT2D eigenvalue weighted by Gasteiger charge is -2.20. The van der Waals surface area contributed by atoms with Crippen molar-refractivity contribution >= 4 is 33.3 Å². The topological polar surface area (TPSA) is 131 Å². The molecule has 0 heterocycles. The van der Waals surface area contributed by atoms with E-state index in [9.17, 15) is 23.4 Å². The molecule has 9 nitrogen and oxygen atoms in total. The standard InChI is InChI=1S/C26H28ClNO8S/c1-26(2,3)18-8-10-19(11-9-18)37(32,33)28-20-14-17(25(30)31)15-23(34-13-12-29)24(20)36-22-7-5-4-6-21(22)35-16-27/h4-11,14-15,28-29H,12-13,16H2,1-3H3,(H,30,31). The average Bonchev–Trinajstić information content (AvgIpc) is 2.84. The number of para-hydroxylation sites is 2. The molecule has 11 heteroatoms. The number of hydrogen-bond donors (Lipinski definition) is 3. The van der Waals surface area contributed by atoms with Gasteiger partial charge in [-0.3, -0.25) is 4.72 Å². The molecule has 0 unspecified atom stereocenters. The first-order chi connectivity index (χ1) is 17.5. The zero-order chi connectivity index (χ0) is 27.2. The number of alkyl halides is 1. The second-order valence-corrected chi connectivity index (χ2v) is 10.8. The Kier molecular flexibility index (Phi) is 8.90. The summed E-state index contributed by atoms with van der Waals surface area (Å²) in [6.07, 6.45) is 0. The van der Waals surface area contributed by atoms with Gasteiger partial charge in [-0.05, 0) is 47.4 Å². The fourth-order valence-electron chi connectivity index (χ4n) is 3.33. The molecule has 0 bridgehead atoms. The second-order valence-electron chi connectivity index (χ2n) is 8.91. The van der Waals surface area contributed by atoms with E-state index in [0.717, 1.165) is 11.6 Å². The third kappa shape index (κ3) is 7.06. The molecule has 0 fully saturated rings. The molecule has 0 aliphatic heterocycles. The molecule has 0 aliphatic carbocycles. The molecule has 3 N–H and O–H groups in total. The second kappa shape index (κ2) is 11.7. The lowest BCUT2D eigenvalue weighted by molar-refractivity contribution is 0.0696. The summed E-state index contributed by atoms with van der Waals surface area (Å²) in [6, 6.07) is 15.0. The minimum atomic E-state index is -4.17. The van der Waals surface area contributed by atoms with Crippen LogP contribution in [0.3, 0.4) is 0 Å². The number of carbonyl (C=O) groups is 1. The third-order valence-electron chi connectivity index (χ3n) is 5.20. The van der Waals surface area contributed by atoms with Gasteiger partial charge in [0.1, 0.15) is 6.61 Å². The summed E-state index contributed by atoms with van der Waals surface area (Å²) in [7, 11) is -4.17. The maximum atomic E-state index is 13.3. The number of sulfonamides is 1. The molecule has 0 aromatic heterocycles. The Morgan fingerprint density at radius 3 is 2.19 bits per heavy atom. The van der Waals surface area contributed by atoms with E-state index >= 15 is 0 Å². The Morgan fingerprint density at radius 2 is 1.62 bits per heavy atom. The zero-order valence-corrected chi connectivity index (χ0v) is 22.1. The van der Waals surface area contributed by atoms with Gasteiger partial charge in [0.05, 0.1) is 22.8 Å². The van der Waals surface area contributed by atoms with E-state index in [-0.39, 0.29) is 63.8 Å². The third-order valence-corrected chi connectivity index (χ3v) is 6.69. The van der Waals surface area contributed by atoms with Gasteiger partial charge in [-0.1, -0.05) is 56.6 Å². The first-order valence-corrected chi connectivity index (χ1v) is 13.2. The van der Waals surface area contributed by atoms with Crippen LogP contribution >= 0.6 is 11.6 Å². The lowest BCUT2D eigenvalue weighted by Crippen LogP contribution is -2.16. The number of nitrogens with one attached hydrogen (secondary N) is 1. The van der Waals surface area contributed by atoms with Gasteiger partial charge >= 0.3 is 5.97 Å². The van der Waals surface area contributed by atoms with Crippen molar-refractivity contribution in [2.75, 3.05) is 24.0 Å². The fourth-order valence-corrected chi connectivity index (χ4v) is 4.50. The maximum Gasteiger partial charge on any atom is 0.335 e. The van der Waals surface area contributed by atoms with Crippen LogP contribution in [0.2, 0.25) is 0 Å². The normalized spacial score (nSPS) is 11.6. The minimum absolute atomic E-state index is 0.0316. The largest absolute Gasteiger partial charge is 0.487 e. The molecule has 0 atom stereocenters. The van der Waals surface area contributed by atoms with Crippen molar-refractivity contribution in [3.05, 3.63) is 71.8 Å². The first kappa shape index (κ1) is 28.1. The Balaban J connectivity index is 2.12.